The topological polar surface area (TPSA) is 84.9 Å². The molecule has 5 nitrogen and oxygen atoms in total. The van der Waals surface area contributed by atoms with Crippen LogP contribution in [-0.4, -0.2) is 42.2 Å². The molecule has 0 aliphatic carbocycles. The molecule has 29 heavy (non-hydrogen) atoms. The molecule has 0 spiro atoms. The molecule has 5 heteroatoms. The highest BCUT2D eigenvalue weighted by Gasteiger charge is 2.22. The SMILES string of the molecule is NC(CO)(CO)CCc1ccc(OCCCCCCCOc2ccccc2)cc1. The van der Waals surface area contributed by atoms with E-state index in [9.17, 15) is 10.2 Å². The highest BCUT2D eigenvalue weighted by Crippen LogP contribution is 2.17. The first-order valence-electron chi connectivity index (χ1n) is 10.6. The molecule has 2 rings (SSSR count). The highest BCUT2D eigenvalue weighted by molar-refractivity contribution is 5.27. The molecule has 0 aromatic heterocycles. The van der Waals surface area contributed by atoms with E-state index in [4.69, 9.17) is 15.2 Å². The van der Waals surface area contributed by atoms with Gasteiger partial charge in [0, 0.05) is 0 Å². The zero-order valence-electron chi connectivity index (χ0n) is 17.3. The zero-order valence-corrected chi connectivity index (χ0v) is 17.3. The molecule has 0 fully saturated rings. The molecule has 4 N–H and O–H groups in total. The molecule has 2 aromatic carbocycles. The Morgan fingerprint density at radius 3 is 1.76 bits per heavy atom. The maximum absolute atomic E-state index is 9.24. The predicted octanol–water partition coefficient (Wildman–Crippen LogP) is 3.71. The maximum atomic E-state index is 9.24. The summed E-state index contributed by atoms with van der Waals surface area (Å²) in [6.45, 7) is 1.06. The monoisotopic (exact) mass is 401 g/mol. The molecule has 0 bridgehead atoms. The Hall–Kier alpha value is -2.08. The second-order valence-corrected chi connectivity index (χ2v) is 7.60. The fourth-order valence-corrected chi connectivity index (χ4v) is 2.98. The summed E-state index contributed by atoms with van der Waals surface area (Å²) < 4.78 is 11.5. The van der Waals surface area contributed by atoms with Crippen LogP contribution < -0.4 is 15.2 Å². The number of aryl methyl sites for hydroxylation is 1. The maximum Gasteiger partial charge on any atom is 0.119 e. The van der Waals surface area contributed by atoms with Gasteiger partial charge >= 0.3 is 0 Å². The van der Waals surface area contributed by atoms with Crippen LogP contribution in [0.4, 0.5) is 0 Å². The van der Waals surface area contributed by atoms with Gasteiger partial charge in [0.1, 0.15) is 11.5 Å². The summed E-state index contributed by atoms with van der Waals surface area (Å²) in [5.41, 5.74) is 6.11. The van der Waals surface area contributed by atoms with Gasteiger partial charge in [-0.2, -0.15) is 0 Å². The number of nitrogens with two attached hydrogens (primary N) is 1. The fourth-order valence-electron chi connectivity index (χ4n) is 2.98. The lowest BCUT2D eigenvalue weighted by atomic mass is 9.94. The summed E-state index contributed by atoms with van der Waals surface area (Å²) in [5.74, 6) is 1.81. The first kappa shape index (κ1) is 23.2. The molecular weight excluding hydrogens is 366 g/mol. The number of unbranched alkanes of at least 4 members (excludes halogenated alkanes) is 4. The zero-order chi connectivity index (χ0) is 20.8. The van der Waals surface area contributed by atoms with E-state index in [1.807, 2.05) is 54.6 Å². The van der Waals surface area contributed by atoms with Crippen molar-refractivity contribution in [3.8, 4) is 11.5 Å². The van der Waals surface area contributed by atoms with Crippen LogP contribution in [0.3, 0.4) is 0 Å². The van der Waals surface area contributed by atoms with Crippen LogP contribution >= 0.6 is 0 Å². The summed E-state index contributed by atoms with van der Waals surface area (Å²) in [6.07, 6.45) is 6.90. The fraction of sp³-hybridized carbons (Fsp3) is 0.500. The van der Waals surface area contributed by atoms with Crippen molar-refractivity contribution in [2.24, 2.45) is 5.73 Å². The van der Waals surface area contributed by atoms with Crippen LogP contribution in [0.2, 0.25) is 0 Å². The van der Waals surface area contributed by atoms with Gasteiger partial charge in [-0.3, -0.25) is 0 Å². The van der Waals surface area contributed by atoms with Crippen molar-refractivity contribution >= 4 is 0 Å². The number of benzene rings is 2. The van der Waals surface area contributed by atoms with Crippen molar-refractivity contribution in [1.29, 1.82) is 0 Å². The van der Waals surface area contributed by atoms with Crippen LogP contribution in [0.1, 0.15) is 44.1 Å². The van der Waals surface area contributed by atoms with Gasteiger partial charge in [0.05, 0.1) is 32.0 Å². The summed E-state index contributed by atoms with van der Waals surface area (Å²) in [4.78, 5) is 0. The third-order valence-electron chi connectivity index (χ3n) is 5.03. The lowest BCUT2D eigenvalue weighted by Gasteiger charge is -2.24. The number of aliphatic hydroxyl groups excluding tert-OH is 2. The molecule has 0 amide bonds. The number of hydrogen-bond acceptors (Lipinski definition) is 5. The van der Waals surface area contributed by atoms with Crippen LogP contribution in [0.25, 0.3) is 0 Å². The Bertz CT molecular complexity index is 656. The Morgan fingerprint density at radius 1 is 0.690 bits per heavy atom. The van der Waals surface area contributed by atoms with Gasteiger partial charge in [-0.15, -0.1) is 0 Å². The summed E-state index contributed by atoms with van der Waals surface area (Å²) in [7, 11) is 0. The van der Waals surface area contributed by atoms with E-state index in [1.54, 1.807) is 0 Å². The summed E-state index contributed by atoms with van der Waals surface area (Å²) >= 11 is 0. The van der Waals surface area contributed by atoms with Crippen LogP contribution in [0, 0.1) is 0 Å². The van der Waals surface area contributed by atoms with Crippen molar-refractivity contribution in [3.63, 3.8) is 0 Å². The summed E-state index contributed by atoms with van der Waals surface area (Å²) in [5, 5.41) is 18.5. The van der Waals surface area contributed by atoms with Crippen LogP contribution in [-0.2, 0) is 6.42 Å². The number of para-hydroxylation sites is 1. The Kier molecular flexibility index (Phi) is 10.6. The predicted molar refractivity (Wildman–Crippen MR) is 116 cm³/mol. The first-order chi connectivity index (χ1) is 14.1. The minimum atomic E-state index is -0.914. The molecule has 0 saturated heterocycles. The van der Waals surface area contributed by atoms with E-state index in [-0.39, 0.29) is 13.2 Å². The Balaban J connectivity index is 1.50. The second-order valence-electron chi connectivity index (χ2n) is 7.60. The number of aliphatic hydroxyl groups is 2. The van der Waals surface area contributed by atoms with E-state index in [1.165, 1.54) is 12.8 Å². The molecule has 2 aromatic rings. The van der Waals surface area contributed by atoms with Crippen molar-refractivity contribution in [2.75, 3.05) is 26.4 Å². The third kappa shape index (κ3) is 9.31. The van der Waals surface area contributed by atoms with Gasteiger partial charge < -0.3 is 25.4 Å². The standard InChI is InChI=1S/C24H35NO4/c25-24(19-26,20-27)16-15-21-11-13-23(14-12-21)29-18-8-3-1-2-7-17-28-22-9-5-4-6-10-22/h4-6,9-14,26-27H,1-3,7-8,15-20,25H2. The van der Waals surface area contributed by atoms with E-state index in [0.29, 0.717) is 12.8 Å². The van der Waals surface area contributed by atoms with Crippen molar-refractivity contribution in [3.05, 3.63) is 60.2 Å². The van der Waals surface area contributed by atoms with Gasteiger partial charge in [-0.05, 0) is 55.5 Å². The first-order valence-corrected chi connectivity index (χ1v) is 10.6. The Labute approximate surface area is 174 Å². The smallest absolute Gasteiger partial charge is 0.119 e. The molecule has 0 radical (unpaired) electrons. The van der Waals surface area contributed by atoms with Crippen molar-refractivity contribution in [2.45, 2.75) is 50.5 Å². The van der Waals surface area contributed by atoms with Crippen LogP contribution in [0.5, 0.6) is 11.5 Å². The van der Waals surface area contributed by atoms with Gasteiger partial charge in [-0.1, -0.05) is 49.6 Å². The van der Waals surface area contributed by atoms with E-state index < -0.39 is 5.54 Å². The highest BCUT2D eigenvalue weighted by atomic mass is 16.5. The molecule has 0 heterocycles. The van der Waals surface area contributed by atoms with Crippen molar-refractivity contribution in [1.82, 2.24) is 0 Å². The van der Waals surface area contributed by atoms with Crippen LogP contribution in [0.15, 0.2) is 54.6 Å². The molecule has 0 aliphatic rings. The quantitative estimate of drug-likeness (QED) is 0.396. The van der Waals surface area contributed by atoms with E-state index in [0.717, 1.165) is 49.5 Å². The van der Waals surface area contributed by atoms with E-state index >= 15 is 0 Å². The molecule has 0 unspecified atom stereocenters. The average Bonchev–Trinajstić information content (AvgIpc) is 2.78. The van der Waals surface area contributed by atoms with Gasteiger partial charge in [0.15, 0.2) is 0 Å². The summed E-state index contributed by atoms with van der Waals surface area (Å²) in [6, 6.07) is 17.9. The van der Waals surface area contributed by atoms with Gasteiger partial charge in [-0.25, -0.2) is 0 Å². The average molecular weight is 402 g/mol. The molecule has 0 aliphatic heterocycles. The third-order valence-corrected chi connectivity index (χ3v) is 5.03. The second kappa shape index (κ2) is 13.2. The minimum absolute atomic E-state index is 0.218. The molecule has 0 atom stereocenters. The van der Waals surface area contributed by atoms with Crippen molar-refractivity contribution < 1.29 is 19.7 Å². The Morgan fingerprint density at radius 2 is 1.21 bits per heavy atom. The normalized spacial score (nSPS) is 11.4. The molecular formula is C24H35NO4. The number of rotatable bonds is 15. The lowest BCUT2D eigenvalue weighted by Crippen LogP contribution is -2.47. The largest absolute Gasteiger partial charge is 0.494 e. The number of ether oxygens (including phenoxy) is 2. The minimum Gasteiger partial charge on any atom is -0.494 e. The van der Waals surface area contributed by atoms with Gasteiger partial charge in [0.25, 0.3) is 0 Å². The van der Waals surface area contributed by atoms with E-state index in [2.05, 4.69) is 0 Å². The molecule has 160 valence electrons. The molecule has 0 saturated carbocycles. The van der Waals surface area contributed by atoms with Gasteiger partial charge in [0.2, 0.25) is 0 Å². The lowest BCUT2D eigenvalue weighted by molar-refractivity contribution is 0.115. The number of hydrogen-bond donors (Lipinski definition) is 3.